The van der Waals surface area contributed by atoms with Crippen molar-refractivity contribution in [3.05, 3.63) is 58.1 Å². The molecule has 2 aromatic carbocycles. The second-order valence-corrected chi connectivity index (χ2v) is 9.13. The summed E-state index contributed by atoms with van der Waals surface area (Å²) in [6.45, 7) is 8.42. The van der Waals surface area contributed by atoms with E-state index in [0.29, 0.717) is 43.3 Å². The molecule has 2 amide bonds. The summed E-state index contributed by atoms with van der Waals surface area (Å²) in [7, 11) is 0. The van der Waals surface area contributed by atoms with Crippen LogP contribution in [0.1, 0.15) is 36.7 Å². The van der Waals surface area contributed by atoms with Gasteiger partial charge in [0.1, 0.15) is 5.75 Å². The summed E-state index contributed by atoms with van der Waals surface area (Å²) in [5.74, 6) is 0.334. The molecule has 6 nitrogen and oxygen atoms in total. The molecule has 1 fully saturated rings. The Balaban J connectivity index is 1.63. The van der Waals surface area contributed by atoms with Gasteiger partial charge in [-0.3, -0.25) is 9.59 Å². The van der Waals surface area contributed by atoms with E-state index in [-0.39, 0.29) is 23.8 Å². The maximum atomic E-state index is 12.6. The van der Waals surface area contributed by atoms with E-state index in [1.165, 1.54) is 0 Å². The van der Waals surface area contributed by atoms with Crippen molar-refractivity contribution in [2.75, 3.05) is 38.2 Å². The first-order chi connectivity index (χ1) is 14.2. The van der Waals surface area contributed by atoms with Crippen molar-refractivity contribution in [3.8, 4) is 5.75 Å². The molecule has 1 aliphatic rings. The smallest absolute Gasteiger partial charge is 0.262 e. The third-order valence-electron chi connectivity index (χ3n) is 4.80. The number of benzene rings is 2. The predicted octanol–water partition coefficient (Wildman–Crippen LogP) is 4.24. The number of carbonyl (C=O) groups excluding carboxylic acids is 2. The third-order valence-corrected chi connectivity index (χ3v) is 5.29. The van der Waals surface area contributed by atoms with Crippen LogP contribution < -0.4 is 10.1 Å². The number of morpholine rings is 1. The number of hydrogen-bond donors (Lipinski definition) is 1. The molecule has 1 aliphatic heterocycles. The molecule has 7 heteroatoms. The maximum Gasteiger partial charge on any atom is 0.262 e. The van der Waals surface area contributed by atoms with E-state index in [2.05, 4.69) is 42.0 Å². The van der Waals surface area contributed by atoms with Gasteiger partial charge in [-0.25, -0.2) is 0 Å². The Labute approximate surface area is 185 Å². The molecule has 2 aromatic rings. The van der Waals surface area contributed by atoms with E-state index in [9.17, 15) is 9.59 Å². The van der Waals surface area contributed by atoms with Gasteiger partial charge in [-0.05, 0) is 41.8 Å². The fourth-order valence-electron chi connectivity index (χ4n) is 3.23. The van der Waals surface area contributed by atoms with Gasteiger partial charge in [-0.1, -0.05) is 42.8 Å². The fourth-order valence-corrected chi connectivity index (χ4v) is 3.59. The Hall–Kier alpha value is -2.38. The standard InChI is InChI=1S/C23H27BrN2O4/c1-23(2,3)19-14-17(24)7-8-20(19)30-15-21(27)25-18-6-4-5-16(13-18)22(28)26-9-11-29-12-10-26/h4-8,13-14H,9-12,15H2,1-3H3,(H,25,27). The number of nitrogens with zero attached hydrogens (tertiary/aromatic N) is 1. The lowest BCUT2D eigenvalue weighted by Crippen LogP contribution is -2.40. The molecule has 0 spiro atoms. The van der Waals surface area contributed by atoms with Crippen molar-refractivity contribution in [3.63, 3.8) is 0 Å². The van der Waals surface area contributed by atoms with Crippen molar-refractivity contribution in [1.29, 1.82) is 0 Å². The Morgan fingerprint density at radius 3 is 2.57 bits per heavy atom. The topological polar surface area (TPSA) is 67.9 Å². The molecule has 1 saturated heterocycles. The highest BCUT2D eigenvalue weighted by atomic mass is 79.9. The van der Waals surface area contributed by atoms with E-state index >= 15 is 0 Å². The van der Waals surface area contributed by atoms with Gasteiger partial charge in [0, 0.05) is 34.4 Å². The SMILES string of the molecule is CC(C)(C)c1cc(Br)ccc1OCC(=O)Nc1cccc(C(=O)N2CCOCC2)c1. The predicted molar refractivity (Wildman–Crippen MR) is 120 cm³/mol. The zero-order chi connectivity index (χ0) is 21.7. The van der Waals surface area contributed by atoms with Crippen LogP contribution in [0.25, 0.3) is 0 Å². The van der Waals surface area contributed by atoms with Gasteiger partial charge >= 0.3 is 0 Å². The molecule has 1 heterocycles. The van der Waals surface area contributed by atoms with E-state index < -0.39 is 0 Å². The van der Waals surface area contributed by atoms with Crippen LogP contribution in [0.4, 0.5) is 5.69 Å². The van der Waals surface area contributed by atoms with Gasteiger partial charge in [-0.15, -0.1) is 0 Å². The number of hydrogen-bond acceptors (Lipinski definition) is 4. The first-order valence-electron chi connectivity index (χ1n) is 9.94. The molecule has 1 N–H and O–H groups in total. The van der Waals surface area contributed by atoms with Gasteiger partial charge in [0.15, 0.2) is 6.61 Å². The molecular weight excluding hydrogens is 448 g/mol. The Morgan fingerprint density at radius 2 is 1.87 bits per heavy atom. The molecule has 0 saturated carbocycles. The molecule has 30 heavy (non-hydrogen) atoms. The minimum absolute atomic E-state index is 0.0599. The Morgan fingerprint density at radius 1 is 1.13 bits per heavy atom. The summed E-state index contributed by atoms with van der Waals surface area (Å²) >= 11 is 3.49. The largest absolute Gasteiger partial charge is 0.483 e. The molecule has 3 rings (SSSR count). The molecule has 0 aliphatic carbocycles. The first-order valence-corrected chi connectivity index (χ1v) is 10.7. The number of rotatable bonds is 5. The lowest BCUT2D eigenvalue weighted by atomic mass is 9.86. The average Bonchev–Trinajstić information content (AvgIpc) is 2.72. The van der Waals surface area contributed by atoms with Gasteiger partial charge in [-0.2, -0.15) is 0 Å². The van der Waals surface area contributed by atoms with Crippen molar-refractivity contribution in [1.82, 2.24) is 4.90 Å². The number of carbonyl (C=O) groups is 2. The summed E-state index contributed by atoms with van der Waals surface area (Å²) in [5.41, 5.74) is 2.00. The Bertz CT molecular complexity index is 918. The fraction of sp³-hybridized carbons (Fsp3) is 0.391. The first kappa shape index (κ1) is 22.3. The second-order valence-electron chi connectivity index (χ2n) is 8.21. The average molecular weight is 475 g/mol. The monoisotopic (exact) mass is 474 g/mol. The van der Waals surface area contributed by atoms with E-state index in [4.69, 9.17) is 9.47 Å². The van der Waals surface area contributed by atoms with Crippen LogP contribution in [0, 0.1) is 0 Å². The van der Waals surface area contributed by atoms with Crippen LogP contribution in [0.15, 0.2) is 46.9 Å². The van der Waals surface area contributed by atoms with Crippen LogP contribution in [-0.2, 0) is 14.9 Å². The van der Waals surface area contributed by atoms with Crippen LogP contribution in [0.3, 0.4) is 0 Å². The van der Waals surface area contributed by atoms with Crippen LogP contribution in [0.5, 0.6) is 5.75 Å². The highest BCUT2D eigenvalue weighted by molar-refractivity contribution is 9.10. The van der Waals surface area contributed by atoms with Crippen LogP contribution in [0.2, 0.25) is 0 Å². The van der Waals surface area contributed by atoms with Crippen molar-refractivity contribution >= 4 is 33.4 Å². The molecule has 0 unspecified atom stereocenters. The van der Waals surface area contributed by atoms with Gasteiger partial charge in [0.25, 0.3) is 11.8 Å². The number of amides is 2. The minimum Gasteiger partial charge on any atom is -0.483 e. The maximum absolute atomic E-state index is 12.6. The minimum atomic E-state index is -0.284. The van der Waals surface area contributed by atoms with Crippen LogP contribution in [-0.4, -0.2) is 49.6 Å². The summed E-state index contributed by atoms with van der Waals surface area (Å²) in [6.07, 6.45) is 0. The highest BCUT2D eigenvalue weighted by Gasteiger charge is 2.21. The van der Waals surface area contributed by atoms with Crippen molar-refractivity contribution in [2.24, 2.45) is 0 Å². The van der Waals surface area contributed by atoms with Gasteiger partial charge < -0.3 is 19.7 Å². The van der Waals surface area contributed by atoms with Gasteiger partial charge in [0.2, 0.25) is 0 Å². The zero-order valence-electron chi connectivity index (χ0n) is 17.5. The summed E-state index contributed by atoms with van der Waals surface area (Å²) < 4.78 is 12.1. The van der Waals surface area contributed by atoms with Crippen molar-refractivity contribution < 1.29 is 19.1 Å². The van der Waals surface area contributed by atoms with E-state index in [0.717, 1.165) is 10.0 Å². The van der Waals surface area contributed by atoms with E-state index in [1.54, 1.807) is 29.2 Å². The third kappa shape index (κ3) is 5.83. The highest BCUT2D eigenvalue weighted by Crippen LogP contribution is 2.33. The zero-order valence-corrected chi connectivity index (χ0v) is 19.1. The molecular formula is C23H27BrN2O4. The second kappa shape index (κ2) is 9.62. The van der Waals surface area contributed by atoms with Crippen LogP contribution >= 0.6 is 15.9 Å². The lowest BCUT2D eigenvalue weighted by Gasteiger charge is -2.27. The molecule has 0 radical (unpaired) electrons. The van der Waals surface area contributed by atoms with E-state index in [1.807, 2.05) is 18.2 Å². The number of halogens is 1. The molecule has 0 aromatic heterocycles. The molecule has 160 valence electrons. The quantitative estimate of drug-likeness (QED) is 0.703. The van der Waals surface area contributed by atoms with Gasteiger partial charge in [0.05, 0.1) is 13.2 Å². The lowest BCUT2D eigenvalue weighted by molar-refractivity contribution is -0.118. The number of ether oxygens (including phenoxy) is 2. The summed E-state index contributed by atoms with van der Waals surface area (Å²) in [5, 5.41) is 2.81. The normalized spacial score (nSPS) is 14.3. The molecule has 0 atom stereocenters. The summed E-state index contributed by atoms with van der Waals surface area (Å²) in [6, 6.07) is 12.7. The summed E-state index contributed by atoms with van der Waals surface area (Å²) in [4.78, 5) is 26.8. The molecule has 0 bridgehead atoms. The van der Waals surface area contributed by atoms with Crippen molar-refractivity contribution in [2.45, 2.75) is 26.2 Å². The number of anilines is 1. The Kier molecular flexibility index (Phi) is 7.15. The number of nitrogens with one attached hydrogen (secondary N) is 1.